The molecule has 0 bridgehead atoms. The molecule has 0 amide bonds. The van der Waals surface area contributed by atoms with Gasteiger partial charge in [-0.15, -0.1) is 11.3 Å². The number of thiophene rings is 1. The normalized spacial score (nSPS) is 15.5. The molecule has 6 nitrogen and oxygen atoms in total. The van der Waals surface area contributed by atoms with Crippen LogP contribution in [0.3, 0.4) is 0 Å². The molecule has 0 spiro atoms. The van der Waals surface area contributed by atoms with E-state index in [0.29, 0.717) is 0 Å². The molecular formula is C16H20N6S2. The summed E-state index contributed by atoms with van der Waals surface area (Å²) in [5, 5.41) is 4.43. The van der Waals surface area contributed by atoms with E-state index in [0.717, 1.165) is 60.0 Å². The maximum atomic E-state index is 4.75. The topological polar surface area (TPSA) is 58.0 Å². The zero-order valence-corrected chi connectivity index (χ0v) is 15.7. The van der Waals surface area contributed by atoms with E-state index in [4.69, 9.17) is 4.98 Å². The summed E-state index contributed by atoms with van der Waals surface area (Å²) in [5.74, 6) is 2.88. The van der Waals surface area contributed by atoms with Crippen LogP contribution < -0.4 is 9.80 Å². The first kappa shape index (κ1) is 15.7. The molecule has 0 aliphatic carbocycles. The highest BCUT2D eigenvalue weighted by Gasteiger charge is 2.23. The van der Waals surface area contributed by atoms with Crippen LogP contribution in [0.5, 0.6) is 0 Å². The summed E-state index contributed by atoms with van der Waals surface area (Å²) in [6.45, 7) is 10.0. The van der Waals surface area contributed by atoms with Gasteiger partial charge in [-0.05, 0) is 24.8 Å². The van der Waals surface area contributed by atoms with Gasteiger partial charge in [0.25, 0.3) is 0 Å². The lowest BCUT2D eigenvalue weighted by Crippen LogP contribution is -2.47. The summed E-state index contributed by atoms with van der Waals surface area (Å²) >= 11 is 3.21. The Labute approximate surface area is 149 Å². The molecule has 3 aromatic rings. The van der Waals surface area contributed by atoms with E-state index in [1.807, 2.05) is 6.92 Å². The molecule has 0 saturated carbocycles. The summed E-state index contributed by atoms with van der Waals surface area (Å²) in [5.41, 5.74) is 1.27. The molecular weight excluding hydrogens is 340 g/mol. The van der Waals surface area contributed by atoms with Gasteiger partial charge < -0.3 is 9.80 Å². The summed E-state index contributed by atoms with van der Waals surface area (Å²) in [6.07, 6.45) is 0.895. The Kier molecular flexibility index (Phi) is 4.09. The Balaban J connectivity index is 1.57. The van der Waals surface area contributed by atoms with Crippen molar-refractivity contribution in [1.82, 2.24) is 19.3 Å². The zero-order valence-electron chi connectivity index (χ0n) is 14.1. The van der Waals surface area contributed by atoms with Gasteiger partial charge in [0.2, 0.25) is 5.13 Å². The van der Waals surface area contributed by atoms with E-state index < -0.39 is 0 Å². The van der Waals surface area contributed by atoms with E-state index >= 15 is 0 Å². The Morgan fingerprint density at radius 2 is 1.79 bits per heavy atom. The average Bonchev–Trinajstić information content (AvgIpc) is 3.21. The molecule has 1 aliphatic heterocycles. The SMILES string of the molecule is CCc1nsc(N2CCN(c3nc(C)nc4scc(C)c34)CC2)n1. The van der Waals surface area contributed by atoms with Gasteiger partial charge in [-0.25, -0.2) is 15.0 Å². The van der Waals surface area contributed by atoms with Crippen molar-refractivity contribution in [3.8, 4) is 0 Å². The van der Waals surface area contributed by atoms with E-state index in [2.05, 4.69) is 43.4 Å². The Morgan fingerprint density at radius 3 is 2.50 bits per heavy atom. The fourth-order valence-corrected chi connectivity index (χ4v) is 4.78. The highest BCUT2D eigenvalue weighted by molar-refractivity contribution is 7.17. The molecule has 0 N–H and O–H groups in total. The van der Waals surface area contributed by atoms with Crippen molar-refractivity contribution >= 4 is 44.0 Å². The third-order valence-corrected chi connectivity index (χ3v) is 6.14. The quantitative estimate of drug-likeness (QED) is 0.715. The Hall–Kier alpha value is -1.80. The molecule has 126 valence electrons. The van der Waals surface area contributed by atoms with Crippen molar-refractivity contribution in [3.63, 3.8) is 0 Å². The first-order valence-electron chi connectivity index (χ1n) is 8.20. The minimum absolute atomic E-state index is 0.846. The predicted molar refractivity (Wildman–Crippen MR) is 101 cm³/mol. The van der Waals surface area contributed by atoms with Gasteiger partial charge >= 0.3 is 0 Å². The van der Waals surface area contributed by atoms with E-state index in [1.54, 1.807) is 11.3 Å². The van der Waals surface area contributed by atoms with Crippen molar-refractivity contribution in [1.29, 1.82) is 0 Å². The molecule has 0 atom stereocenters. The number of rotatable bonds is 3. The van der Waals surface area contributed by atoms with Crippen LogP contribution in [0, 0.1) is 13.8 Å². The number of fused-ring (bicyclic) bond motifs is 1. The lowest BCUT2D eigenvalue weighted by Gasteiger charge is -2.35. The smallest absolute Gasteiger partial charge is 0.205 e. The molecule has 4 heterocycles. The summed E-state index contributed by atoms with van der Waals surface area (Å²) < 4.78 is 4.40. The first-order chi connectivity index (χ1) is 11.7. The third-order valence-electron chi connectivity index (χ3n) is 4.33. The molecule has 1 aliphatic rings. The second-order valence-corrected chi connectivity index (χ2v) is 7.60. The van der Waals surface area contributed by atoms with Crippen LogP contribution in [0.4, 0.5) is 10.9 Å². The molecule has 0 aromatic carbocycles. The van der Waals surface area contributed by atoms with Crippen molar-refractivity contribution in [2.24, 2.45) is 0 Å². The Morgan fingerprint density at radius 1 is 1.04 bits per heavy atom. The van der Waals surface area contributed by atoms with Gasteiger partial charge in [0.05, 0.1) is 5.39 Å². The predicted octanol–water partition coefficient (Wildman–Crippen LogP) is 3.05. The van der Waals surface area contributed by atoms with E-state index in [9.17, 15) is 0 Å². The number of anilines is 2. The van der Waals surface area contributed by atoms with Crippen LogP contribution >= 0.6 is 22.9 Å². The zero-order chi connectivity index (χ0) is 16.7. The maximum Gasteiger partial charge on any atom is 0.205 e. The second-order valence-electron chi connectivity index (χ2n) is 6.01. The molecule has 4 rings (SSSR count). The highest BCUT2D eigenvalue weighted by Crippen LogP contribution is 2.32. The maximum absolute atomic E-state index is 4.75. The lowest BCUT2D eigenvalue weighted by atomic mass is 10.2. The second kappa shape index (κ2) is 6.25. The molecule has 0 radical (unpaired) electrons. The standard InChI is InChI=1S/C16H20N6S2/c1-4-12-19-16(24-20-12)22-7-5-21(6-8-22)14-13-10(2)9-23-15(13)18-11(3)17-14/h9H,4-8H2,1-3H3. The van der Waals surface area contributed by atoms with Gasteiger partial charge in [-0.3, -0.25) is 0 Å². The molecule has 1 fully saturated rings. The van der Waals surface area contributed by atoms with E-state index in [1.165, 1.54) is 22.5 Å². The minimum atomic E-state index is 0.846. The molecule has 8 heteroatoms. The van der Waals surface area contributed by atoms with Crippen molar-refractivity contribution in [2.75, 3.05) is 36.0 Å². The van der Waals surface area contributed by atoms with Crippen molar-refractivity contribution < 1.29 is 0 Å². The van der Waals surface area contributed by atoms with Gasteiger partial charge in [-0.2, -0.15) is 4.37 Å². The number of hydrogen-bond acceptors (Lipinski definition) is 8. The van der Waals surface area contributed by atoms with Crippen molar-refractivity contribution in [3.05, 3.63) is 22.6 Å². The largest absolute Gasteiger partial charge is 0.352 e. The summed E-state index contributed by atoms with van der Waals surface area (Å²) in [6, 6.07) is 0. The van der Waals surface area contributed by atoms with Crippen molar-refractivity contribution in [2.45, 2.75) is 27.2 Å². The first-order valence-corrected chi connectivity index (χ1v) is 9.86. The van der Waals surface area contributed by atoms with Gasteiger partial charge in [-0.1, -0.05) is 6.92 Å². The van der Waals surface area contributed by atoms with Gasteiger partial charge in [0, 0.05) is 44.1 Å². The number of aromatic nitrogens is 4. The summed E-state index contributed by atoms with van der Waals surface area (Å²) in [7, 11) is 0. The molecule has 24 heavy (non-hydrogen) atoms. The fraction of sp³-hybridized carbons (Fsp3) is 0.500. The van der Waals surface area contributed by atoms with Crippen LogP contribution in [0.2, 0.25) is 0 Å². The monoisotopic (exact) mass is 360 g/mol. The van der Waals surface area contributed by atoms with Crippen LogP contribution in [0.1, 0.15) is 24.1 Å². The van der Waals surface area contributed by atoms with Crippen LogP contribution in [0.25, 0.3) is 10.2 Å². The van der Waals surface area contributed by atoms with Crippen LogP contribution in [0.15, 0.2) is 5.38 Å². The molecule has 3 aromatic heterocycles. The van der Waals surface area contributed by atoms with Crippen LogP contribution in [-0.4, -0.2) is 45.5 Å². The molecule has 0 unspecified atom stereocenters. The highest BCUT2D eigenvalue weighted by atomic mass is 32.1. The number of piperazine rings is 1. The number of nitrogens with zero attached hydrogens (tertiary/aromatic N) is 6. The average molecular weight is 361 g/mol. The van der Waals surface area contributed by atoms with Gasteiger partial charge in [0.1, 0.15) is 22.3 Å². The minimum Gasteiger partial charge on any atom is -0.352 e. The fourth-order valence-electron chi connectivity index (χ4n) is 3.02. The Bertz CT molecular complexity index is 863. The summed E-state index contributed by atoms with van der Waals surface area (Å²) in [4.78, 5) is 19.8. The van der Waals surface area contributed by atoms with Crippen LogP contribution in [-0.2, 0) is 6.42 Å². The third kappa shape index (κ3) is 2.73. The number of hydrogen-bond donors (Lipinski definition) is 0. The number of aryl methyl sites for hydroxylation is 3. The lowest BCUT2D eigenvalue weighted by molar-refractivity contribution is 0.646. The van der Waals surface area contributed by atoms with E-state index in [-0.39, 0.29) is 0 Å². The van der Waals surface area contributed by atoms with Gasteiger partial charge in [0.15, 0.2) is 0 Å². The molecule has 1 saturated heterocycles.